The maximum Gasteiger partial charge on any atom is 0.280 e. The van der Waals surface area contributed by atoms with E-state index in [1.165, 1.54) is 24.0 Å². The lowest BCUT2D eigenvalue weighted by atomic mass is 9.94. The van der Waals surface area contributed by atoms with Gasteiger partial charge in [0.25, 0.3) is 5.89 Å². The minimum Gasteiger partial charge on any atom is -0.332 e. The Kier molecular flexibility index (Phi) is 4.79. The molecule has 0 N–H and O–H groups in total. The van der Waals surface area contributed by atoms with E-state index < -0.39 is 0 Å². The first kappa shape index (κ1) is 16.9. The predicted octanol–water partition coefficient (Wildman–Crippen LogP) is 2.57. The van der Waals surface area contributed by atoms with E-state index in [0.717, 1.165) is 25.3 Å². The Morgan fingerprint density at radius 1 is 1.19 bits per heavy atom. The molecule has 3 heterocycles. The first-order valence-corrected chi connectivity index (χ1v) is 9.13. The highest BCUT2D eigenvalue weighted by Gasteiger charge is 2.20. The molecule has 0 amide bonds. The molecule has 4 rings (SSSR count). The fourth-order valence-corrected chi connectivity index (χ4v) is 3.40. The molecule has 7 heteroatoms. The van der Waals surface area contributed by atoms with E-state index in [-0.39, 0.29) is 0 Å². The van der Waals surface area contributed by atoms with Gasteiger partial charge in [-0.3, -0.25) is 0 Å². The van der Waals surface area contributed by atoms with Crippen molar-refractivity contribution in [1.82, 2.24) is 30.0 Å². The quantitative estimate of drug-likeness (QED) is 0.703. The van der Waals surface area contributed by atoms with Crippen molar-refractivity contribution in [2.45, 2.75) is 32.7 Å². The van der Waals surface area contributed by atoms with Crippen LogP contribution in [0.1, 0.15) is 29.8 Å². The summed E-state index contributed by atoms with van der Waals surface area (Å²) in [6, 6.07) is 8.27. The summed E-state index contributed by atoms with van der Waals surface area (Å²) in [5.74, 6) is 1.85. The van der Waals surface area contributed by atoms with Gasteiger partial charge in [0.05, 0.1) is 12.7 Å². The van der Waals surface area contributed by atoms with Crippen molar-refractivity contribution in [3.05, 3.63) is 47.4 Å². The molecule has 0 atom stereocenters. The molecule has 1 aliphatic rings. The third kappa shape index (κ3) is 3.83. The summed E-state index contributed by atoms with van der Waals surface area (Å²) in [4.78, 5) is 6.89. The standard InChI is InChI=1S/C19H24N6O/c1-14-5-3-4-6-16(14)12-25-13-17(21-23-25)19-20-18(22-26-19)11-15-7-9-24(2)10-8-15/h3-6,13,15H,7-12H2,1-2H3. The topological polar surface area (TPSA) is 72.9 Å². The molecule has 1 aliphatic heterocycles. The van der Waals surface area contributed by atoms with Crippen LogP contribution in [0.25, 0.3) is 11.6 Å². The van der Waals surface area contributed by atoms with Crippen LogP contribution in [-0.2, 0) is 13.0 Å². The molecule has 0 saturated carbocycles. The van der Waals surface area contributed by atoms with Gasteiger partial charge in [0.2, 0.25) is 0 Å². The summed E-state index contributed by atoms with van der Waals surface area (Å²) in [5, 5.41) is 12.5. The summed E-state index contributed by atoms with van der Waals surface area (Å²) in [5.41, 5.74) is 3.08. The van der Waals surface area contributed by atoms with Crippen molar-refractivity contribution in [2.24, 2.45) is 5.92 Å². The van der Waals surface area contributed by atoms with Gasteiger partial charge in [-0.15, -0.1) is 5.10 Å². The van der Waals surface area contributed by atoms with Crippen LogP contribution < -0.4 is 0 Å². The largest absolute Gasteiger partial charge is 0.332 e. The third-order valence-corrected chi connectivity index (χ3v) is 5.13. The first-order chi connectivity index (χ1) is 12.7. The zero-order chi connectivity index (χ0) is 17.9. The molecule has 1 saturated heterocycles. The van der Waals surface area contributed by atoms with Crippen molar-refractivity contribution in [3.63, 3.8) is 0 Å². The van der Waals surface area contributed by atoms with E-state index in [4.69, 9.17) is 4.52 Å². The van der Waals surface area contributed by atoms with Crippen LogP contribution >= 0.6 is 0 Å². The number of aromatic nitrogens is 5. The van der Waals surface area contributed by atoms with Crippen LogP contribution in [0.4, 0.5) is 0 Å². The van der Waals surface area contributed by atoms with Crippen LogP contribution in [0.2, 0.25) is 0 Å². The van der Waals surface area contributed by atoms with Crippen LogP contribution in [0.5, 0.6) is 0 Å². The van der Waals surface area contributed by atoms with Crippen molar-refractivity contribution in [2.75, 3.05) is 20.1 Å². The fourth-order valence-electron chi connectivity index (χ4n) is 3.40. The number of likely N-dealkylation sites (tertiary alicyclic amines) is 1. The molecule has 3 aromatic rings. The summed E-state index contributed by atoms with van der Waals surface area (Å²) >= 11 is 0. The Bertz CT molecular complexity index is 862. The summed E-state index contributed by atoms with van der Waals surface area (Å²) in [6.07, 6.45) is 5.11. The Balaban J connectivity index is 1.42. The lowest BCUT2D eigenvalue weighted by molar-refractivity contribution is 0.216. The number of hydrogen-bond acceptors (Lipinski definition) is 6. The van der Waals surface area contributed by atoms with Crippen molar-refractivity contribution in [3.8, 4) is 11.6 Å². The van der Waals surface area contributed by atoms with E-state index in [1.54, 1.807) is 4.68 Å². The van der Waals surface area contributed by atoms with Crippen LogP contribution in [0, 0.1) is 12.8 Å². The summed E-state index contributed by atoms with van der Waals surface area (Å²) in [6.45, 7) is 5.06. The molecule has 7 nitrogen and oxygen atoms in total. The minimum atomic E-state index is 0.448. The van der Waals surface area contributed by atoms with Crippen molar-refractivity contribution < 1.29 is 4.52 Å². The maximum atomic E-state index is 5.41. The van der Waals surface area contributed by atoms with Gasteiger partial charge in [0, 0.05) is 6.42 Å². The molecule has 0 bridgehead atoms. The Labute approximate surface area is 153 Å². The molecule has 1 aromatic carbocycles. The second-order valence-electron chi connectivity index (χ2n) is 7.19. The van der Waals surface area contributed by atoms with E-state index in [0.29, 0.717) is 24.0 Å². The fraction of sp³-hybridized carbons (Fsp3) is 0.474. The lowest BCUT2D eigenvalue weighted by Gasteiger charge is -2.27. The second-order valence-corrected chi connectivity index (χ2v) is 7.19. The van der Waals surface area contributed by atoms with Crippen LogP contribution in [-0.4, -0.2) is 50.2 Å². The molecule has 1 fully saturated rings. The van der Waals surface area contributed by atoms with E-state index >= 15 is 0 Å². The van der Waals surface area contributed by atoms with Gasteiger partial charge in [0.15, 0.2) is 11.5 Å². The normalized spacial score (nSPS) is 16.2. The number of hydrogen-bond donors (Lipinski definition) is 0. The highest BCUT2D eigenvalue weighted by atomic mass is 16.5. The average Bonchev–Trinajstić information content (AvgIpc) is 3.28. The van der Waals surface area contributed by atoms with E-state index in [9.17, 15) is 0 Å². The van der Waals surface area contributed by atoms with Gasteiger partial charge in [-0.25, -0.2) is 4.68 Å². The maximum absolute atomic E-state index is 5.41. The Hall–Kier alpha value is -2.54. The van der Waals surface area contributed by atoms with Crippen molar-refractivity contribution >= 4 is 0 Å². The van der Waals surface area contributed by atoms with Gasteiger partial charge >= 0.3 is 0 Å². The Morgan fingerprint density at radius 3 is 2.81 bits per heavy atom. The second kappa shape index (κ2) is 7.37. The number of nitrogens with zero attached hydrogens (tertiary/aromatic N) is 6. The number of benzene rings is 1. The molecule has 2 aromatic heterocycles. The molecule has 0 aliphatic carbocycles. The number of aryl methyl sites for hydroxylation is 1. The molecule has 26 heavy (non-hydrogen) atoms. The van der Waals surface area contributed by atoms with Crippen LogP contribution in [0.3, 0.4) is 0 Å². The molecular weight excluding hydrogens is 328 g/mol. The van der Waals surface area contributed by atoms with Gasteiger partial charge in [0.1, 0.15) is 0 Å². The van der Waals surface area contributed by atoms with E-state index in [2.05, 4.69) is 51.5 Å². The smallest absolute Gasteiger partial charge is 0.280 e. The highest BCUT2D eigenvalue weighted by Crippen LogP contribution is 2.21. The van der Waals surface area contributed by atoms with Crippen molar-refractivity contribution in [1.29, 1.82) is 0 Å². The van der Waals surface area contributed by atoms with Crippen LogP contribution in [0.15, 0.2) is 35.0 Å². The zero-order valence-electron chi connectivity index (χ0n) is 15.3. The van der Waals surface area contributed by atoms with Gasteiger partial charge in [-0.2, -0.15) is 4.98 Å². The molecular formula is C19H24N6O. The van der Waals surface area contributed by atoms with Gasteiger partial charge in [-0.05, 0) is 56.9 Å². The Morgan fingerprint density at radius 2 is 2.00 bits per heavy atom. The van der Waals surface area contributed by atoms with Gasteiger partial charge < -0.3 is 9.42 Å². The van der Waals surface area contributed by atoms with Gasteiger partial charge in [-0.1, -0.05) is 34.6 Å². The molecule has 0 radical (unpaired) electrons. The molecule has 136 valence electrons. The third-order valence-electron chi connectivity index (χ3n) is 5.13. The average molecular weight is 352 g/mol. The summed E-state index contributed by atoms with van der Waals surface area (Å²) < 4.78 is 7.22. The first-order valence-electron chi connectivity index (χ1n) is 9.13. The minimum absolute atomic E-state index is 0.448. The number of piperidine rings is 1. The molecule has 0 unspecified atom stereocenters. The monoisotopic (exact) mass is 352 g/mol. The molecule has 0 spiro atoms. The highest BCUT2D eigenvalue weighted by molar-refractivity contribution is 5.43. The lowest BCUT2D eigenvalue weighted by Crippen LogP contribution is -2.31. The number of rotatable bonds is 5. The summed E-state index contributed by atoms with van der Waals surface area (Å²) in [7, 11) is 2.17. The SMILES string of the molecule is Cc1ccccc1Cn1cc(-c2nc(CC3CCN(C)CC3)no2)nn1. The zero-order valence-corrected chi connectivity index (χ0v) is 15.3. The van der Waals surface area contributed by atoms with E-state index in [1.807, 2.05) is 18.3 Å². The predicted molar refractivity (Wildman–Crippen MR) is 97.5 cm³/mol.